The Morgan fingerprint density at radius 1 is 1.47 bits per heavy atom. The van der Waals surface area contributed by atoms with Crippen LogP contribution in [0.15, 0.2) is 0 Å². The minimum absolute atomic E-state index is 0.101. The number of nitrogens with zero attached hydrogens (tertiary/aromatic N) is 2. The Morgan fingerprint density at radius 2 is 2.13 bits per heavy atom. The third-order valence-corrected chi connectivity index (χ3v) is 2.92. The van der Waals surface area contributed by atoms with Gasteiger partial charge in [-0.1, -0.05) is 27.7 Å². The molecule has 0 fully saturated rings. The molecule has 0 aliphatic carbocycles. The number of nitrogens with two attached hydrogens (primary N) is 1. The fourth-order valence-corrected chi connectivity index (χ4v) is 1.63. The van der Waals surface area contributed by atoms with Crippen LogP contribution < -0.4 is 11.1 Å². The Labute approximate surface area is 95.5 Å². The van der Waals surface area contributed by atoms with Crippen LogP contribution in [0.4, 0.5) is 5.13 Å². The van der Waals surface area contributed by atoms with E-state index in [1.54, 1.807) is 0 Å². The Morgan fingerprint density at radius 3 is 2.60 bits per heavy atom. The van der Waals surface area contributed by atoms with Gasteiger partial charge < -0.3 is 11.1 Å². The molecule has 0 aromatic carbocycles. The van der Waals surface area contributed by atoms with E-state index in [0.717, 1.165) is 17.5 Å². The molecule has 4 nitrogen and oxygen atoms in total. The minimum atomic E-state index is 0.101. The van der Waals surface area contributed by atoms with Gasteiger partial charge in [-0.3, -0.25) is 0 Å². The third-order valence-electron chi connectivity index (χ3n) is 2.23. The molecule has 0 aliphatic heterocycles. The fourth-order valence-electron chi connectivity index (χ4n) is 0.928. The van der Waals surface area contributed by atoms with Gasteiger partial charge in [-0.15, -0.1) is 0 Å². The van der Waals surface area contributed by atoms with Crippen molar-refractivity contribution in [2.24, 2.45) is 11.1 Å². The SMILES string of the molecule is CC(C)c1nsc(NCC(C)(C)CN)n1. The summed E-state index contributed by atoms with van der Waals surface area (Å²) < 4.78 is 4.28. The van der Waals surface area contributed by atoms with Crippen LogP contribution >= 0.6 is 11.5 Å². The predicted octanol–water partition coefficient (Wildman–Crippen LogP) is 2.06. The van der Waals surface area contributed by atoms with Gasteiger partial charge in [0.1, 0.15) is 5.82 Å². The lowest BCUT2D eigenvalue weighted by molar-refractivity contribution is 0.405. The lowest BCUT2D eigenvalue weighted by Crippen LogP contribution is -2.31. The van der Waals surface area contributed by atoms with Crippen molar-refractivity contribution in [2.45, 2.75) is 33.6 Å². The van der Waals surface area contributed by atoms with E-state index in [1.165, 1.54) is 11.5 Å². The Hall–Kier alpha value is -0.680. The van der Waals surface area contributed by atoms with Gasteiger partial charge in [0.25, 0.3) is 0 Å². The smallest absolute Gasteiger partial charge is 0.202 e. The molecule has 0 atom stereocenters. The molecule has 86 valence electrons. The van der Waals surface area contributed by atoms with E-state index in [9.17, 15) is 0 Å². The van der Waals surface area contributed by atoms with Crippen LogP contribution in [-0.4, -0.2) is 22.4 Å². The highest BCUT2D eigenvalue weighted by Gasteiger charge is 2.16. The maximum atomic E-state index is 5.65. The summed E-state index contributed by atoms with van der Waals surface area (Å²) in [5, 5.41) is 4.17. The molecule has 0 radical (unpaired) electrons. The second-order valence-corrected chi connectivity index (χ2v) is 5.59. The molecule has 0 aliphatic rings. The first-order chi connectivity index (χ1) is 6.94. The first kappa shape index (κ1) is 12.4. The summed E-state index contributed by atoms with van der Waals surface area (Å²) in [6, 6.07) is 0. The number of rotatable bonds is 5. The summed E-state index contributed by atoms with van der Waals surface area (Å²) in [5.74, 6) is 1.30. The first-order valence-electron chi connectivity index (χ1n) is 5.22. The normalized spacial score (nSPS) is 12.1. The molecule has 0 unspecified atom stereocenters. The number of hydrogen-bond acceptors (Lipinski definition) is 5. The fraction of sp³-hybridized carbons (Fsp3) is 0.800. The number of nitrogens with one attached hydrogen (secondary N) is 1. The van der Waals surface area contributed by atoms with Crippen molar-refractivity contribution in [3.05, 3.63) is 5.82 Å². The Balaban J connectivity index is 2.51. The summed E-state index contributed by atoms with van der Waals surface area (Å²) >= 11 is 1.42. The maximum Gasteiger partial charge on any atom is 0.202 e. The zero-order valence-electron chi connectivity index (χ0n) is 9.87. The second-order valence-electron chi connectivity index (χ2n) is 4.83. The molecule has 1 aromatic heterocycles. The summed E-state index contributed by atoms with van der Waals surface area (Å²) in [5.41, 5.74) is 5.75. The highest BCUT2D eigenvalue weighted by atomic mass is 32.1. The quantitative estimate of drug-likeness (QED) is 0.809. The molecule has 1 aromatic rings. The molecular formula is C10H20N4S. The summed E-state index contributed by atoms with van der Waals surface area (Å²) in [6.45, 7) is 9.94. The average Bonchev–Trinajstić information content (AvgIpc) is 2.63. The molecule has 5 heteroatoms. The summed E-state index contributed by atoms with van der Waals surface area (Å²) in [7, 11) is 0. The van der Waals surface area contributed by atoms with Crippen LogP contribution in [0.3, 0.4) is 0 Å². The molecule has 1 rings (SSSR count). The van der Waals surface area contributed by atoms with Gasteiger partial charge in [0, 0.05) is 24.0 Å². The number of aromatic nitrogens is 2. The molecular weight excluding hydrogens is 208 g/mol. The summed E-state index contributed by atoms with van der Waals surface area (Å²) in [4.78, 5) is 4.40. The van der Waals surface area contributed by atoms with Crippen molar-refractivity contribution < 1.29 is 0 Å². The van der Waals surface area contributed by atoms with E-state index in [4.69, 9.17) is 5.73 Å². The molecule has 15 heavy (non-hydrogen) atoms. The molecule has 0 amide bonds. The first-order valence-corrected chi connectivity index (χ1v) is 5.99. The highest BCUT2D eigenvalue weighted by molar-refractivity contribution is 7.09. The van der Waals surface area contributed by atoms with E-state index in [-0.39, 0.29) is 5.41 Å². The zero-order valence-corrected chi connectivity index (χ0v) is 10.7. The largest absolute Gasteiger partial charge is 0.360 e. The molecule has 0 bridgehead atoms. The molecule has 1 heterocycles. The highest BCUT2D eigenvalue weighted by Crippen LogP contribution is 2.19. The van der Waals surface area contributed by atoms with Crippen LogP contribution in [0.25, 0.3) is 0 Å². The molecule has 0 saturated carbocycles. The number of anilines is 1. The Bertz CT molecular complexity index is 306. The van der Waals surface area contributed by atoms with E-state index in [0.29, 0.717) is 12.5 Å². The third kappa shape index (κ3) is 3.76. The van der Waals surface area contributed by atoms with Crippen LogP contribution in [0.2, 0.25) is 0 Å². The Kier molecular flexibility index (Phi) is 4.04. The van der Waals surface area contributed by atoms with Crippen LogP contribution in [-0.2, 0) is 0 Å². The van der Waals surface area contributed by atoms with Crippen LogP contribution in [0.5, 0.6) is 0 Å². The second kappa shape index (κ2) is 4.90. The van der Waals surface area contributed by atoms with Crippen molar-refractivity contribution in [2.75, 3.05) is 18.4 Å². The van der Waals surface area contributed by atoms with E-state index in [1.807, 2.05) is 0 Å². The zero-order chi connectivity index (χ0) is 11.5. The maximum absolute atomic E-state index is 5.65. The van der Waals surface area contributed by atoms with Gasteiger partial charge in [0.15, 0.2) is 0 Å². The van der Waals surface area contributed by atoms with Gasteiger partial charge in [0.2, 0.25) is 5.13 Å². The van der Waals surface area contributed by atoms with Crippen LogP contribution in [0, 0.1) is 5.41 Å². The van der Waals surface area contributed by atoms with Gasteiger partial charge in [-0.2, -0.15) is 4.37 Å². The molecule has 0 saturated heterocycles. The van der Waals surface area contributed by atoms with Crippen molar-refractivity contribution in [1.82, 2.24) is 9.36 Å². The molecule has 0 spiro atoms. The lowest BCUT2D eigenvalue weighted by atomic mass is 9.94. The van der Waals surface area contributed by atoms with E-state index < -0.39 is 0 Å². The average molecular weight is 228 g/mol. The van der Waals surface area contributed by atoms with Crippen molar-refractivity contribution >= 4 is 16.7 Å². The number of hydrogen-bond donors (Lipinski definition) is 2. The van der Waals surface area contributed by atoms with Crippen molar-refractivity contribution in [1.29, 1.82) is 0 Å². The van der Waals surface area contributed by atoms with Crippen molar-refractivity contribution in [3.8, 4) is 0 Å². The van der Waals surface area contributed by atoms with Gasteiger partial charge >= 0.3 is 0 Å². The molecule has 3 N–H and O–H groups in total. The van der Waals surface area contributed by atoms with Gasteiger partial charge in [0.05, 0.1) is 0 Å². The predicted molar refractivity (Wildman–Crippen MR) is 65.3 cm³/mol. The van der Waals surface area contributed by atoms with Gasteiger partial charge in [-0.05, 0) is 12.0 Å². The minimum Gasteiger partial charge on any atom is -0.360 e. The monoisotopic (exact) mass is 228 g/mol. The van der Waals surface area contributed by atoms with Crippen molar-refractivity contribution in [3.63, 3.8) is 0 Å². The standard InChI is InChI=1S/C10H20N4S/c1-7(2)8-13-9(15-14-8)12-6-10(3,4)5-11/h7H,5-6,11H2,1-4H3,(H,12,13,14). The van der Waals surface area contributed by atoms with E-state index in [2.05, 4.69) is 42.4 Å². The lowest BCUT2D eigenvalue weighted by Gasteiger charge is -2.21. The van der Waals surface area contributed by atoms with Gasteiger partial charge in [-0.25, -0.2) is 4.98 Å². The van der Waals surface area contributed by atoms with Crippen LogP contribution in [0.1, 0.15) is 39.4 Å². The summed E-state index contributed by atoms with van der Waals surface area (Å²) in [6.07, 6.45) is 0. The topological polar surface area (TPSA) is 63.8 Å². The van der Waals surface area contributed by atoms with E-state index >= 15 is 0 Å².